The first-order valence-electron chi connectivity index (χ1n) is 7.97. The van der Waals surface area contributed by atoms with Gasteiger partial charge in [-0.15, -0.1) is 11.8 Å². The molecule has 0 aromatic heterocycles. The molecule has 1 amide bonds. The Labute approximate surface area is 162 Å². The van der Waals surface area contributed by atoms with E-state index in [0.717, 1.165) is 5.56 Å². The Hall–Kier alpha value is -1.92. The van der Waals surface area contributed by atoms with Crippen molar-refractivity contribution in [3.8, 4) is 11.5 Å². The maximum Gasteiger partial charge on any atom is 0.230 e. The summed E-state index contributed by atoms with van der Waals surface area (Å²) in [7, 11) is 3.16. The number of methoxy groups -OCH3 is 2. The van der Waals surface area contributed by atoms with Crippen molar-refractivity contribution < 1.29 is 18.7 Å². The molecule has 2 rings (SSSR count). The van der Waals surface area contributed by atoms with Gasteiger partial charge >= 0.3 is 0 Å². The fourth-order valence-corrected chi connectivity index (χ4v) is 3.41. The van der Waals surface area contributed by atoms with Crippen LogP contribution in [-0.4, -0.2) is 25.9 Å². The Morgan fingerprint density at radius 3 is 2.65 bits per heavy atom. The first-order valence-corrected chi connectivity index (χ1v) is 9.50. The number of rotatable bonds is 8. The number of amides is 1. The lowest BCUT2D eigenvalue weighted by atomic mass is 10.1. The smallest absolute Gasteiger partial charge is 0.230 e. The van der Waals surface area contributed by atoms with E-state index in [0.29, 0.717) is 27.8 Å². The Balaban J connectivity index is 1.91. The van der Waals surface area contributed by atoms with Crippen molar-refractivity contribution in [2.45, 2.75) is 18.7 Å². The minimum atomic E-state index is -0.361. The summed E-state index contributed by atoms with van der Waals surface area (Å²) in [6, 6.07) is 9.72. The number of halogens is 2. The van der Waals surface area contributed by atoms with Crippen LogP contribution in [0.25, 0.3) is 0 Å². The molecule has 0 saturated carbocycles. The van der Waals surface area contributed by atoms with E-state index in [1.165, 1.54) is 17.8 Å². The third kappa shape index (κ3) is 5.54. The number of thioether (sulfide) groups is 1. The SMILES string of the molecule is COc1ccc(OC)c(C(C)NC(=O)CSCc2ccc(Cl)cc2F)c1. The van der Waals surface area contributed by atoms with Gasteiger partial charge in [-0.05, 0) is 42.8 Å². The van der Waals surface area contributed by atoms with Gasteiger partial charge in [0.25, 0.3) is 0 Å². The quantitative estimate of drug-likeness (QED) is 0.706. The average molecular weight is 398 g/mol. The van der Waals surface area contributed by atoms with Crippen molar-refractivity contribution in [1.82, 2.24) is 5.32 Å². The number of hydrogen-bond donors (Lipinski definition) is 1. The predicted molar refractivity (Wildman–Crippen MR) is 104 cm³/mol. The summed E-state index contributed by atoms with van der Waals surface area (Å²) in [6.45, 7) is 1.87. The number of carbonyl (C=O) groups is 1. The van der Waals surface area contributed by atoms with Gasteiger partial charge in [0.2, 0.25) is 5.91 Å². The van der Waals surface area contributed by atoms with Crippen LogP contribution in [0, 0.1) is 5.82 Å². The Kier molecular flexibility index (Phi) is 7.60. The molecular weight excluding hydrogens is 377 g/mol. The zero-order valence-electron chi connectivity index (χ0n) is 14.8. The number of nitrogens with one attached hydrogen (secondary N) is 1. The van der Waals surface area contributed by atoms with Crippen LogP contribution >= 0.6 is 23.4 Å². The molecule has 140 valence electrons. The van der Waals surface area contributed by atoms with E-state index < -0.39 is 0 Å². The molecule has 0 saturated heterocycles. The van der Waals surface area contributed by atoms with E-state index in [9.17, 15) is 9.18 Å². The van der Waals surface area contributed by atoms with Gasteiger partial charge in [-0.3, -0.25) is 4.79 Å². The van der Waals surface area contributed by atoms with Crippen LogP contribution < -0.4 is 14.8 Å². The van der Waals surface area contributed by atoms with E-state index in [1.54, 1.807) is 38.5 Å². The van der Waals surface area contributed by atoms with Crippen LogP contribution in [0.3, 0.4) is 0 Å². The van der Waals surface area contributed by atoms with Crippen LogP contribution in [0.2, 0.25) is 5.02 Å². The molecule has 0 spiro atoms. The van der Waals surface area contributed by atoms with Crippen molar-refractivity contribution in [2.24, 2.45) is 0 Å². The summed E-state index contributed by atoms with van der Waals surface area (Å²) >= 11 is 7.07. The Morgan fingerprint density at radius 1 is 1.23 bits per heavy atom. The van der Waals surface area contributed by atoms with E-state index in [4.69, 9.17) is 21.1 Å². The summed E-state index contributed by atoms with van der Waals surface area (Å²) in [6.07, 6.45) is 0. The molecule has 0 aliphatic rings. The summed E-state index contributed by atoms with van der Waals surface area (Å²) in [4.78, 5) is 12.2. The summed E-state index contributed by atoms with van der Waals surface area (Å²) in [5.74, 6) is 1.48. The minimum absolute atomic E-state index is 0.137. The maximum absolute atomic E-state index is 13.7. The molecule has 1 N–H and O–H groups in total. The third-order valence-electron chi connectivity index (χ3n) is 3.79. The summed E-state index contributed by atoms with van der Waals surface area (Å²) in [5, 5.41) is 3.28. The first-order chi connectivity index (χ1) is 12.4. The fraction of sp³-hybridized carbons (Fsp3) is 0.316. The van der Waals surface area contributed by atoms with Crippen LogP contribution in [0.15, 0.2) is 36.4 Å². The van der Waals surface area contributed by atoms with Gasteiger partial charge in [-0.25, -0.2) is 4.39 Å². The zero-order valence-corrected chi connectivity index (χ0v) is 16.4. The molecule has 0 fully saturated rings. The van der Waals surface area contributed by atoms with Gasteiger partial charge in [-0.1, -0.05) is 17.7 Å². The Morgan fingerprint density at radius 2 is 2.00 bits per heavy atom. The molecule has 4 nitrogen and oxygen atoms in total. The molecule has 1 atom stereocenters. The standard InChI is InChI=1S/C19H21ClFNO3S/c1-12(16-9-15(24-2)6-7-18(16)25-3)22-19(23)11-26-10-13-4-5-14(20)8-17(13)21/h4-9,12H,10-11H2,1-3H3,(H,22,23). The number of benzene rings is 2. The summed E-state index contributed by atoms with van der Waals surface area (Å²) < 4.78 is 24.3. The molecule has 2 aromatic rings. The van der Waals surface area contributed by atoms with Gasteiger partial charge in [0.05, 0.1) is 26.0 Å². The molecular formula is C19H21ClFNO3S. The van der Waals surface area contributed by atoms with Crippen LogP contribution in [0.1, 0.15) is 24.1 Å². The van der Waals surface area contributed by atoms with Crippen molar-refractivity contribution in [1.29, 1.82) is 0 Å². The van der Waals surface area contributed by atoms with E-state index in [-0.39, 0.29) is 23.5 Å². The third-order valence-corrected chi connectivity index (χ3v) is 5.00. The van der Waals surface area contributed by atoms with Crippen LogP contribution in [0.5, 0.6) is 11.5 Å². The number of carbonyl (C=O) groups excluding carboxylic acids is 1. The predicted octanol–water partition coefficient (Wildman–Crippen LogP) is 4.61. The molecule has 0 radical (unpaired) electrons. The number of ether oxygens (including phenoxy) is 2. The molecule has 7 heteroatoms. The molecule has 0 aliphatic heterocycles. The Bertz CT molecular complexity index is 772. The van der Waals surface area contributed by atoms with Crippen molar-refractivity contribution in [2.75, 3.05) is 20.0 Å². The lowest BCUT2D eigenvalue weighted by Crippen LogP contribution is -2.28. The molecule has 0 aliphatic carbocycles. The van der Waals surface area contributed by atoms with Gasteiger partial charge < -0.3 is 14.8 Å². The number of hydrogen-bond acceptors (Lipinski definition) is 4. The lowest BCUT2D eigenvalue weighted by molar-refractivity contribution is -0.119. The van der Waals surface area contributed by atoms with Gasteiger partial charge in [-0.2, -0.15) is 0 Å². The van der Waals surface area contributed by atoms with Crippen LogP contribution in [0.4, 0.5) is 4.39 Å². The molecule has 2 aromatic carbocycles. The van der Waals surface area contributed by atoms with E-state index in [1.807, 2.05) is 13.0 Å². The molecule has 0 heterocycles. The zero-order chi connectivity index (χ0) is 19.1. The highest BCUT2D eigenvalue weighted by atomic mass is 35.5. The van der Waals surface area contributed by atoms with Crippen molar-refractivity contribution in [3.05, 3.63) is 58.4 Å². The lowest BCUT2D eigenvalue weighted by Gasteiger charge is -2.18. The normalized spacial score (nSPS) is 11.7. The van der Waals surface area contributed by atoms with E-state index >= 15 is 0 Å². The highest BCUT2D eigenvalue weighted by Crippen LogP contribution is 2.29. The van der Waals surface area contributed by atoms with Gasteiger partial charge in [0, 0.05) is 16.3 Å². The monoisotopic (exact) mass is 397 g/mol. The summed E-state index contributed by atoms with van der Waals surface area (Å²) in [5.41, 5.74) is 1.35. The highest BCUT2D eigenvalue weighted by Gasteiger charge is 2.15. The molecule has 1 unspecified atom stereocenters. The topological polar surface area (TPSA) is 47.6 Å². The second-order valence-corrected chi connectivity index (χ2v) is 7.05. The van der Waals surface area contributed by atoms with Crippen molar-refractivity contribution in [3.63, 3.8) is 0 Å². The molecule has 26 heavy (non-hydrogen) atoms. The second kappa shape index (κ2) is 9.69. The van der Waals surface area contributed by atoms with E-state index in [2.05, 4.69) is 5.32 Å². The second-order valence-electron chi connectivity index (χ2n) is 5.63. The fourth-order valence-electron chi connectivity index (χ4n) is 2.43. The van der Waals surface area contributed by atoms with Gasteiger partial charge in [0.1, 0.15) is 17.3 Å². The largest absolute Gasteiger partial charge is 0.497 e. The molecule has 0 bridgehead atoms. The average Bonchev–Trinajstić information content (AvgIpc) is 2.62. The first kappa shape index (κ1) is 20.4. The maximum atomic E-state index is 13.7. The highest BCUT2D eigenvalue weighted by molar-refractivity contribution is 7.99. The van der Waals surface area contributed by atoms with Crippen LogP contribution in [-0.2, 0) is 10.5 Å². The van der Waals surface area contributed by atoms with Crippen molar-refractivity contribution >= 4 is 29.3 Å². The van der Waals surface area contributed by atoms with Gasteiger partial charge in [0.15, 0.2) is 0 Å². The minimum Gasteiger partial charge on any atom is -0.497 e.